The zero-order valence-corrected chi connectivity index (χ0v) is 21.3. The van der Waals surface area contributed by atoms with E-state index in [2.05, 4.69) is 14.9 Å². The van der Waals surface area contributed by atoms with Gasteiger partial charge in [0.15, 0.2) is 12.4 Å². The summed E-state index contributed by atoms with van der Waals surface area (Å²) < 4.78 is 46.8. The van der Waals surface area contributed by atoms with Crippen LogP contribution in [-0.2, 0) is 12.8 Å². The molecule has 192 valence electrons. The molecule has 1 aliphatic carbocycles. The largest absolute Gasteiger partial charge is 0.464 e. The van der Waals surface area contributed by atoms with Gasteiger partial charge in [0.05, 0.1) is 5.69 Å². The van der Waals surface area contributed by atoms with Crippen LogP contribution in [0.15, 0.2) is 18.3 Å². The van der Waals surface area contributed by atoms with Gasteiger partial charge < -0.3 is 9.64 Å². The molecule has 0 saturated heterocycles. The Balaban J connectivity index is 1.20. The molecular formula is C26H34F3N3O2S. The smallest absolute Gasteiger partial charge is 0.278 e. The molecule has 0 amide bonds. The SMILES string of the molecule is Cc1ncccc1C(=O)CC1CCC(F)(CCN2CCc3nc(OCC(C)(F)F)sc3CC2)CC1. The quantitative estimate of drug-likeness (QED) is 0.398. The monoisotopic (exact) mass is 509 g/mol. The molecule has 2 aromatic heterocycles. The molecule has 2 aliphatic rings. The number of Topliss-reactive ketones (excluding diaryl/α,β-unsaturated/α-hetero) is 1. The van der Waals surface area contributed by atoms with E-state index in [4.69, 9.17) is 4.74 Å². The van der Waals surface area contributed by atoms with Crippen LogP contribution in [0.2, 0.25) is 0 Å². The van der Waals surface area contributed by atoms with Crippen molar-refractivity contribution in [3.05, 3.63) is 40.2 Å². The number of rotatable bonds is 9. The highest BCUT2D eigenvalue weighted by Gasteiger charge is 2.36. The molecule has 1 fully saturated rings. The predicted molar refractivity (Wildman–Crippen MR) is 130 cm³/mol. The van der Waals surface area contributed by atoms with Gasteiger partial charge in [-0.3, -0.25) is 9.78 Å². The predicted octanol–water partition coefficient (Wildman–Crippen LogP) is 5.84. The second kappa shape index (κ2) is 10.9. The Morgan fingerprint density at radius 1 is 1.29 bits per heavy atom. The zero-order valence-electron chi connectivity index (χ0n) is 20.5. The van der Waals surface area contributed by atoms with Crippen molar-refractivity contribution in [2.75, 3.05) is 26.2 Å². The van der Waals surface area contributed by atoms with Gasteiger partial charge in [-0.2, -0.15) is 0 Å². The van der Waals surface area contributed by atoms with Gasteiger partial charge >= 0.3 is 0 Å². The molecule has 1 saturated carbocycles. The van der Waals surface area contributed by atoms with Crippen LogP contribution in [0.5, 0.6) is 5.19 Å². The summed E-state index contributed by atoms with van der Waals surface area (Å²) in [5, 5.41) is 0.307. The number of halogens is 3. The fourth-order valence-corrected chi connectivity index (χ4v) is 5.96. The maximum Gasteiger partial charge on any atom is 0.278 e. The highest BCUT2D eigenvalue weighted by molar-refractivity contribution is 7.13. The van der Waals surface area contributed by atoms with Gasteiger partial charge in [-0.25, -0.2) is 18.2 Å². The second-order valence-corrected chi connectivity index (χ2v) is 11.2. The molecule has 0 atom stereocenters. The fraction of sp³-hybridized carbons (Fsp3) is 0.654. The molecule has 9 heteroatoms. The third-order valence-electron chi connectivity index (χ3n) is 7.19. The summed E-state index contributed by atoms with van der Waals surface area (Å²) in [7, 11) is 0. The Hall–Kier alpha value is -2.00. The summed E-state index contributed by atoms with van der Waals surface area (Å²) in [5.41, 5.74) is 1.17. The first kappa shape index (κ1) is 26.1. The number of ketones is 1. The average Bonchev–Trinajstić information content (AvgIpc) is 3.11. The number of thiazole rings is 1. The van der Waals surface area contributed by atoms with E-state index in [1.165, 1.54) is 11.3 Å². The van der Waals surface area contributed by atoms with Gasteiger partial charge in [0.25, 0.3) is 11.1 Å². The van der Waals surface area contributed by atoms with Crippen LogP contribution in [0, 0.1) is 12.8 Å². The highest BCUT2D eigenvalue weighted by atomic mass is 32.1. The third kappa shape index (κ3) is 7.26. The number of pyridine rings is 1. The van der Waals surface area contributed by atoms with E-state index in [0.29, 0.717) is 43.0 Å². The number of hydrogen-bond acceptors (Lipinski definition) is 6. The highest BCUT2D eigenvalue weighted by Crippen LogP contribution is 2.39. The molecule has 0 unspecified atom stereocenters. The summed E-state index contributed by atoms with van der Waals surface area (Å²) in [6.07, 6.45) is 6.62. The molecule has 0 N–H and O–H groups in total. The van der Waals surface area contributed by atoms with Gasteiger partial charge in [0, 0.05) is 61.7 Å². The zero-order chi connectivity index (χ0) is 25.1. The van der Waals surface area contributed by atoms with E-state index >= 15 is 4.39 Å². The van der Waals surface area contributed by atoms with Crippen molar-refractivity contribution in [1.82, 2.24) is 14.9 Å². The first-order valence-electron chi connectivity index (χ1n) is 12.5. The van der Waals surface area contributed by atoms with Gasteiger partial charge in [-0.05, 0) is 63.5 Å². The minimum atomic E-state index is -2.88. The van der Waals surface area contributed by atoms with Crippen molar-refractivity contribution >= 4 is 17.1 Å². The van der Waals surface area contributed by atoms with Crippen molar-refractivity contribution in [2.24, 2.45) is 5.92 Å². The van der Waals surface area contributed by atoms with Crippen LogP contribution in [0.25, 0.3) is 0 Å². The first-order valence-corrected chi connectivity index (χ1v) is 13.3. The lowest BCUT2D eigenvalue weighted by atomic mass is 9.76. The van der Waals surface area contributed by atoms with Gasteiger partial charge in [-0.15, -0.1) is 0 Å². The first-order chi connectivity index (χ1) is 16.6. The van der Waals surface area contributed by atoms with Crippen molar-refractivity contribution in [3.63, 3.8) is 0 Å². The number of hydrogen-bond donors (Lipinski definition) is 0. The third-order valence-corrected chi connectivity index (χ3v) is 8.26. The van der Waals surface area contributed by atoms with E-state index < -0.39 is 18.2 Å². The minimum absolute atomic E-state index is 0.106. The molecule has 0 aromatic carbocycles. The number of alkyl halides is 3. The molecular weight excluding hydrogens is 475 g/mol. The van der Waals surface area contributed by atoms with E-state index in [-0.39, 0.29) is 11.7 Å². The number of fused-ring (bicyclic) bond motifs is 1. The number of nitrogens with zero attached hydrogens (tertiary/aromatic N) is 3. The van der Waals surface area contributed by atoms with Crippen molar-refractivity contribution in [2.45, 2.75) is 76.8 Å². The van der Waals surface area contributed by atoms with Crippen LogP contribution < -0.4 is 4.74 Å². The summed E-state index contributed by atoms with van der Waals surface area (Å²) in [6, 6.07) is 3.60. The Labute approximate surface area is 209 Å². The minimum Gasteiger partial charge on any atom is -0.464 e. The lowest BCUT2D eigenvalue weighted by Gasteiger charge is -2.35. The Kier molecular flexibility index (Phi) is 8.16. The number of carbonyl (C=O) groups excluding carboxylic acids is 1. The lowest BCUT2D eigenvalue weighted by Crippen LogP contribution is -2.36. The van der Waals surface area contributed by atoms with Crippen molar-refractivity contribution in [3.8, 4) is 5.19 Å². The molecule has 3 heterocycles. The molecule has 0 bridgehead atoms. The fourth-order valence-electron chi connectivity index (χ4n) is 5.02. The van der Waals surface area contributed by atoms with Crippen LogP contribution in [-0.4, -0.2) is 58.5 Å². The van der Waals surface area contributed by atoms with Gasteiger partial charge in [0.2, 0.25) is 0 Å². The topological polar surface area (TPSA) is 55.3 Å². The molecule has 0 spiro atoms. The van der Waals surface area contributed by atoms with Crippen LogP contribution in [0.1, 0.15) is 72.1 Å². The van der Waals surface area contributed by atoms with Crippen molar-refractivity contribution in [1.29, 1.82) is 0 Å². The lowest BCUT2D eigenvalue weighted by molar-refractivity contribution is -0.0230. The number of ether oxygens (including phenoxy) is 1. The van der Waals surface area contributed by atoms with E-state index in [1.54, 1.807) is 12.3 Å². The number of carbonyl (C=O) groups is 1. The Bertz CT molecular complexity index is 990. The van der Waals surface area contributed by atoms with Crippen molar-refractivity contribution < 1.29 is 22.7 Å². The number of aromatic nitrogens is 2. The van der Waals surface area contributed by atoms with Gasteiger partial charge in [0.1, 0.15) is 5.67 Å². The second-order valence-electron chi connectivity index (χ2n) is 10.2. The Morgan fingerprint density at radius 2 is 2.03 bits per heavy atom. The van der Waals surface area contributed by atoms with E-state index in [9.17, 15) is 13.6 Å². The molecule has 5 nitrogen and oxygen atoms in total. The van der Waals surface area contributed by atoms with E-state index in [0.717, 1.165) is 62.0 Å². The summed E-state index contributed by atoms with van der Waals surface area (Å²) in [6.45, 7) is 4.28. The molecule has 1 aliphatic heterocycles. The summed E-state index contributed by atoms with van der Waals surface area (Å²) in [5.74, 6) is -2.54. The molecule has 35 heavy (non-hydrogen) atoms. The van der Waals surface area contributed by atoms with Crippen LogP contribution >= 0.6 is 11.3 Å². The summed E-state index contributed by atoms with van der Waals surface area (Å²) in [4.78, 5) is 24.6. The maximum absolute atomic E-state index is 15.6. The molecule has 4 rings (SSSR count). The maximum atomic E-state index is 15.6. The van der Waals surface area contributed by atoms with E-state index in [1.807, 2.05) is 13.0 Å². The van der Waals surface area contributed by atoms with Gasteiger partial charge in [-0.1, -0.05) is 11.3 Å². The normalized spacial score (nSPS) is 23.5. The molecule has 0 radical (unpaired) electrons. The van der Waals surface area contributed by atoms with Crippen LogP contribution in [0.4, 0.5) is 13.2 Å². The number of aryl methyl sites for hydroxylation is 1. The standard InChI is InChI=1S/C26H34F3N3O2S/c1-18-20(4-3-12-30-18)22(33)16-19-5-9-26(29,10-6-19)11-15-32-13-7-21-23(8-14-32)35-24(31-21)34-17-25(2,27)28/h3-4,12,19H,5-11,13-17H2,1-2H3. The van der Waals surface area contributed by atoms with Crippen LogP contribution in [0.3, 0.4) is 0 Å². The Morgan fingerprint density at radius 3 is 2.74 bits per heavy atom. The summed E-state index contributed by atoms with van der Waals surface area (Å²) >= 11 is 1.34. The molecule has 2 aromatic rings. The average molecular weight is 510 g/mol.